The first kappa shape index (κ1) is 21.8. The van der Waals surface area contributed by atoms with Crippen LogP contribution in [0.25, 0.3) is 33.8 Å². The number of imidazole rings is 1. The third-order valence-corrected chi connectivity index (χ3v) is 7.08. The van der Waals surface area contributed by atoms with Gasteiger partial charge in [0.25, 0.3) is 0 Å². The molecule has 6 nitrogen and oxygen atoms in total. The first-order valence-corrected chi connectivity index (χ1v) is 14.8. The van der Waals surface area contributed by atoms with E-state index in [-0.39, 0.29) is 0 Å². The molecular formula is C23H26BrN5OSi-. The molecular weight excluding hydrogens is 470 g/mol. The predicted octanol–water partition coefficient (Wildman–Crippen LogP) is 5.94. The molecule has 4 aromatic heterocycles. The molecule has 4 aromatic rings. The van der Waals surface area contributed by atoms with E-state index in [9.17, 15) is 0 Å². The van der Waals surface area contributed by atoms with Gasteiger partial charge in [0.2, 0.25) is 0 Å². The van der Waals surface area contributed by atoms with Crippen molar-refractivity contribution in [3.63, 3.8) is 0 Å². The van der Waals surface area contributed by atoms with E-state index in [4.69, 9.17) is 19.7 Å². The Labute approximate surface area is 191 Å². The number of nitrogens with zero attached hydrogens (tertiary/aromatic N) is 5. The summed E-state index contributed by atoms with van der Waals surface area (Å²) in [6, 6.07) is 13.0. The summed E-state index contributed by atoms with van der Waals surface area (Å²) >= 11 is 3.48. The summed E-state index contributed by atoms with van der Waals surface area (Å²) in [6.07, 6.45) is 3.59. The van der Waals surface area contributed by atoms with Crippen LogP contribution in [0.1, 0.15) is 5.69 Å². The van der Waals surface area contributed by atoms with Crippen LogP contribution < -0.4 is 0 Å². The Morgan fingerprint density at radius 2 is 1.84 bits per heavy atom. The fraction of sp³-hybridized carbons (Fsp3) is 0.304. The van der Waals surface area contributed by atoms with Gasteiger partial charge < -0.3 is 9.30 Å². The summed E-state index contributed by atoms with van der Waals surface area (Å²) in [6.45, 7) is 10.2. The summed E-state index contributed by atoms with van der Waals surface area (Å²) in [5.41, 5.74) is 5.95. The highest BCUT2D eigenvalue weighted by atomic mass is 79.9. The van der Waals surface area contributed by atoms with Gasteiger partial charge in [-0.2, -0.15) is 19.6 Å². The summed E-state index contributed by atoms with van der Waals surface area (Å²) in [5, 5.41) is 0. The van der Waals surface area contributed by atoms with E-state index in [2.05, 4.69) is 40.6 Å². The van der Waals surface area contributed by atoms with Gasteiger partial charge in [0, 0.05) is 23.0 Å². The van der Waals surface area contributed by atoms with Crippen LogP contribution in [-0.2, 0) is 11.5 Å². The van der Waals surface area contributed by atoms with E-state index in [1.807, 2.05) is 54.2 Å². The lowest BCUT2D eigenvalue weighted by atomic mass is 10.1. The Bertz CT molecular complexity index is 1220. The molecule has 0 aromatic carbocycles. The van der Waals surface area contributed by atoms with Gasteiger partial charge in [-0.25, -0.2) is 9.97 Å². The van der Waals surface area contributed by atoms with Gasteiger partial charge in [-0.3, -0.25) is 9.97 Å². The van der Waals surface area contributed by atoms with Crippen molar-refractivity contribution in [1.82, 2.24) is 24.5 Å². The number of ether oxygens (including phenoxy) is 1. The van der Waals surface area contributed by atoms with E-state index in [1.54, 1.807) is 6.20 Å². The van der Waals surface area contributed by atoms with Gasteiger partial charge in [-0.05, 0) is 53.2 Å². The normalized spacial score (nSPS) is 11.9. The number of hydrogen-bond donors (Lipinski definition) is 0. The molecule has 161 valence electrons. The van der Waals surface area contributed by atoms with Crippen molar-refractivity contribution in [2.45, 2.75) is 39.3 Å². The maximum Gasteiger partial charge on any atom is 0.124 e. The third-order valence-electron chi connectivity index (χ3n) is 4.94. The van der Waals surface area contributed by atoms with Crippen molar-refractivity contribution < 1.29 is 4.74 Å². The lowest BCUT2D eigenvalue weighted by Crippen LogP contribution is -2.22. The quantitative estimate of drug-likeness (QED) is 0.234. The Morgan fingerprint density at radius 1 is 1.00 bits per heavy atom. The number of hydrogen-bond acceptors (Lipinski definition) is 5. The molecule has 0 bridgehead atoms. The van der Waals surface area contributed by atoms with Crippen LogP contribution in [0.2, 0.25) is 25.7 Å². The number of fused-ring (bicyclic) bond motifs is 1. The molecule has 0 aliphatic carbocycles. The molecule has 0 fully saturated rings. The highest BCUT2D eigenvalue weighted by Gasteiger charge is 2.18. The van der Waals surface area contributed by atoms with Gasteiger partial charge >= 0.3 is 0 Å². The molecule has 0 spiro atoms. The SMILES string of the molecule is Cc1cccc(-c2c(-c3ccc4ncc(Br)cc4n3)ncn2COCC[Si-](C)(C)C)n1. The van der Waals surface area contributed by atoms with Crippen molar-refractivity contribution in [3.8, 4) is 22.8 Å². The Kier molecular flexibility index (Phi) is 6.31. The monoisotopic (exact) mass is 495 g/mol. The van der Waals surface area contributed by atoms with Crippen molar-refractivity contribution in [2.75, 3.05) is 6.61 Å². The van der Waals surface area contributed by atoms with Crippen LogP contribution in [-0.4, -0.2) is 39.2 Å². The van der Waals surface area contributed by atoms with Gasteiger partial charge in [-0.15, -0.1) is 14.1 Å². The van der Waals surface area contributed by atoms with Crippen molar-refractivity contribution in [1.29, 1.82) is 0 Å². The van der Waals surface area contributed by atoms with Gasteiger partial charge in [0.15, 0.2) is 0 Å². The average molecular weight is 496 g/mol. The maximum atomic E-state index is 6.02. The number of rotatable bonds is 7. The molecule has 0 amide bonds. The van der Waals surface area contributed by atoms with E-state index < -0.39 is 8.07 Å². The minimum atomic E-state index is -1.14. The number of pyridine rings is 3. The number of aryl methyl sites for hydroxylation is 1. The second kappa shape index (κ2) is 8.98. The van der Waals surface area contributed by atoms with Crippen molar-refractivity contribution >= 4 is 35.0 Å². The summed E-state index contributed by atoms with van der Waals surface area (Å²) in [5.74, 6) is 0. The van der Waals surface area contributed by atoms with Crippen LogP contribution in [0.5, 0.6) is 0 Å². The molecule has 0 saturated heterocycles. The zero-order chi connectivity index (χ0) is 22.0. The third kappa shape index (κ3) is 5.26. The predicted molar refractivity (Wildman–Crippen MR) is 131 cm³/mol. The Balaban J connectivity index is 1.73. The highest BCUT2D eigenvalue weighted by molar-refractivity contribution is 9.10. The molecule has 0 aliphatic heterocycles. The highest BCUT2D eigenvalue weighted by Crippen LogP contribution is 2.30. The molecule has 31 heavy (non-hydrogen) atoms. The fourth-order valence-corrected chi connectivity index (χ4v) is 4.34. The zero-order valence-corrected chi connectivity index (χ0v) is 20.8. The number of halogens is 1. The second-order valence-corrected chi connectivity index (χ2v) is 15.3. The first-order valence-electron chi connectivity index (χ1n) is 10.3. The first-order chi connectivity index (χ1) is 14.8. The minimum Gasteiger partial charge on any atom is -0.364 e. The van der Waals surface area contributed by atoms with Gasteiger partial charge in [-0.1, -0.05) is 6.07 Å². The lowest BCUT2D eigenvalue weighted by molar-refractivity contribution is 0.0881. The molecule has 4 heterocycles. The number of aromatic nitrogens is 5. The largest absolute Gasteiger partial charge is 0.364 e. The van der Waals surface area contributed by atoms with Crippen molar-refractivity contribution in [2.24, 2.45) is 0 Å². The van der Waals surface area contributed by atoms with E-state index in [0.717, 1.165) is 56.6 Å². The standard InChI is InChI=1S/C23H26BrN5OSi/c1-16-6-5-7-20(27-16)23-22(26-14-29(23)15-30-10-11-31(2,3)4)19-9-8-18-21(28-19)12-17(24)13-25-18/h5-9,12-14H,10-11,15H2,1-4H3/q-1. The second-order valence-electron chi connectivity index (χ2n) is 8.81. The topological polar surface area (TPSA) is 65.7 Å². The van der Waals surface area contributed by atoms with E-state index in [0.29, 0.717) is 6.73 Å². The fourth-order valence-electron chi connectivity index (χ4n) is 3.27. The van der Waals surface area contributed by atoms with Crippen LogP contribution in [0.15, 0.2) is 53.4 Å². The Morgan fingerprint density at radius 3 is 2.61 bits per heavy atom. The summed E-state index contributed by atoms with van der Waals surface area (Å²) in [4.78, 5) is 18.7. The van der Waals surface area contributed by atoms with Crippen LogP contribution in [0.4, 0.5) is 0 Å². The van der Waals surface area contributed by atoms with Crippen LogP contribution >= 0.6 is 15.9 Å². The summed E-state index contributed by atoms with van der Waals surface area (Å²) in [7, 11) is -1.14. The smallest absolute Gasteiger partial charge is 0.124 e. The molecule has 0 unspecified atom stereocenters. The Hall–Kier alpha value is -2.42. The molecule has 0 radical (unpaired) electrons. The molecule has 0 N–H and O–H groups in total. The maximum absolute atomic E-state index is 6.02. The van der Waals surface area contributed by atoms with Crippen LogP contribution in [0.3, 0.4) is 0 Å². The molecule has 0 aliphatic rings. The van der Waals surface area contributed by atoms with Gasteiger partial charge in [0.1, 0.15) is 12.4 Å². The molecule has 4 rings (SSSR count). The molecule has 0 saturated carbocycles. The average Bonchev–Trinajstić information content (AvgIpc) is 3.14. The van der Waals surface area contributed by atoms with E-state index >= 15 is 0 Å². The molecule has 8 heteroatoms. The minimum absolute atomic E-state index is 0.434. The van der Waals surface area contributed by atoms with E-state index in [1.165, 1.54) is 0 Å². The van der Waals surface area contributed by atoms with Gasteiger partial charge in [0.05, 0.1) is 34.4 Å². The van der Waals surface area contributed by atoms with Crippen LogP contribution in [0, 0.1) is 6.92 Å². The summed E-state index contributed by atoms with van der Waals surface area (Å²) < 4.78 is 8.93. The molecule has 0 atom stereocenters. The zero-order valence-electron chi connectivity index (χ0n) is 18.3. The lowest BCUT2D eigenvalue weighted by Gasteiger charge is -2.26. The van der Waals surface area contributed by atoms with Crippen molar-refractivity contribution in [3.05, 3.63) is 59.1 Å².